The van der Waals surface area contributed by atoms with Crippen LogP contribution >= 0.6 is 0 Å². The van der Waals surface area contributed by atoms with Gasteiger partial charge in [-0.25, -0.2) is 0 Å². The summed E-state index contributed by atoms with van der Waals surface area (Å²) in [6.07, 6.45) is 2.63. The number of carbonyl (C=O) groups is 1. The molecule has 0 aromatic rings. The first kappa shape index (κ1) is 19.7. The lowest BCUT2D eigenvalue weighted by Crippen LogP contribution is -2.43. The molecule has 1 fully saturated rings. The van der Waals surface area contributed by atoms with E-state index in [1.165, 1.54) is 0 Å². The summed E-state index contributed by atoms with van der Waals surface area (Å²) < 4.78 is 5.25. The van der Waals surface area contributed by atoms with E-state index in [1.807, 2.05) is 20.8 Å². The van der Waals surface area contributed by atoms with Crippen LogP contribution in [0.5, 0.6) is 0 Å². The lowest BCUT2D eigenvalue weighted by atomic mass is 9.72. The molecule has 0 spiro atoms. The lowest BCUT2D eigenvalue weighted by Gasteiger charge is -2.38. The molecule has 146 valence electrons. The van der Waals surface area contributed by atoms with Crippen LogP contribution in [0.2, 0.25) is 0 Å². The molecule has 1 saturated carbocycles. The second kappa shape index (κ2) is 6.55. The maximum absolute atomic E-state index is 12.9. The van der Waals surface area contributed by atoms with Crippen molar-refractivity contribution in [1.82, 2.24) is 0 Å². The fraction of sp³-hybridized carbons (Fsp3) is 0.762. The number of hydrogen-bond donors (Lipinski definition) is 3. The van der Waals surface area contributed by atoms with Gasteiger partial charge in [0.25, 0.3) is 0 Å². The Morgan fingerprint density at radius 3 is 2.54 bits per heavy atom. The molecule has 0 radical (unpaired) electrons. The molecule has 5 nitrogen and oxygen atoms in total. The number of allylic oxidation sites excluding steroid dienone is 1. The van der Waals surface area contributed by atoms with Crippen molar-refractivity contribution in [2.24, 2.45) is 23.7 Å². The third-order valence-corrected chi connectivity index (χ3v) is 6.92. The molecule has 6 unspecified atom stereocenters. The zero-order valence-electron chi connectivity index (χ0n) is 16.5. The van der Waals surface area contributed by atoms with Crippen molar-refractivity contribution in [1.29, 1.82) is 0 Å². The summed E-state index contributed by atoms with van der Waals surface area (Å²) in [5, 5.41) is 33.7. The number of methoxy groups -OCH3 is 1. The van der Waals surface area contributed by atoms with Crippen LogP contribution in [0.4, 0.5) is 0 Å². The highest BCUT2D eigenvalue weighted by Gasteiger charge is 2.55. The van der Waals surface area contributed by atoms with Crippen molar-refractivity contribution in [2.75, 3.05) is 13.7 Å². The number of hydrogen-bond acceptors (Lipinski definition) is 5. The number of ether oxygens (including phenoxy) is 1. The minimum atomic E-state index is -1.45. The number of aliphatic hydroxyl groups excluding tert-OH is 1. The quantitative estimate of drug-likeness (QED) is 0.667. The van der Waals surface area contributed by atoms with Gasteiger partial charge in [-0.1, -0.05) is 27.7 Å². The Morgan fingerprint density at radius 2 is 1.96 bits per heavy atom. The molecule has 0 bridgehead atoms. The molecule has 26 heavy (non-hydrogen) atoms. The third kappa shape index (κ3) is 2.71. The molecule has 3 rings (SSSR count). The van der Waals surface area contributed by atoms with Gasteiger partial charge in [-0.15, -0.1) is 0 Å². The first-order valence-corrected chi connectivity index (χ1v) is 9.69. The van der Waals surface area contributed by atoms with E-state index in [1.54, 1.807) is 20.1 Å². The molecule has 0 aliphatic heterocycles. The van der Waals surface area contributed by atoms with Crippen LogP contribution in [0.15, 0.2) is 22.8 Å². The van der Waals surface area contributed by atoms with Gasteiger partial charge in [-0.05, 0) is 54.2 Å². The number of fused-ring (bicyclic) bond motifs is 2. The Bertz CT molecular complexity index is 663. The molecule has 5 heteroatoms. The Balaban J connectivity index is 2.23. The van der Waals surface area contributed by atoms with Gasteiger partial charge < -0.3 is 20.1 Å². The maximum Gasteiger partial charge on any atom is 0.165 e. The Morgan fingerprint density at radius 1 is 1.31 bits per heavy atom. The van der Waals surface area contributed by atoms with Gasteiger partial charge in [-0.2, -0.15) is 0 Å². The van der Waals surface area contributed by atoms with Crippen molar-refractivity contribution in [2.45, 2.75) is 64.3 Å². The van der Waals surface area contributed by atoms with E-state index in [0.29, 0.717) is 24.0 Å². The summed E-state index contributed by atoms with van der Waals surface area (Å²) >= 11 is 0. The third-order valence-electron chi connectivity index (χ3n) is 6.92. The summed E-state index contributed by atoms with van der Waals surface area (Å²) in [7, 11) is 1.55. The van der Waals surface area contributed by atoms with Crippen molar-refractivity contribution in [3.05, 3.63) is 22.8 Å². The second-order valence-corrected chi connectivity index (χ2v) is 8.80. The van der Waals surface area contributed by atoms with Gasteiger partial charge in [0.05, 0.1) is 18.6 Å². The SMILES string of the molecule is COCC1(O)CCC2C1=CC1(O)C(=C(C(C)C)C(=O)C1C)CC(O)C2C. The molecule has 0 aromatic carbocycles. The molecule has 3 aliphatic carbocycles. The average molecular weight is 364 g/mol. The fourth-order valence-electron chi connectivity index (χ4n) is 5.30. The second-order valence-electron chi connectivity index (χ2n) is 8.80. The van der Waals surface area contributed by atoms with Crippen LogP contribution in [0.25, 0.3) is 0 Å². The summed E-state index contributed by atoms with van der Waals surface area (Å²) in [5.74, 6) is -0.784. The van der Waals surface area contributed by atoms with Gasteiger partial charge >= 0.3 is 0 Å². The molecule has 0 saturated heterocycles. The van der Waals surface area contributed by atoms with Crippen molar-refractivity contribution in [3.8, 4) is 0 Å². The molecule has 3 aliphatic rings. The minimum Gasteiger partial charge on any atom is -0.392 e. The van der Waals surface area contributed by atoms with Gasteiger partial charge in [0, 0.05) is 12.7 Å². The number of ketones is 1. The van der Waals surface area contributed by atoms with E-state index in [2.05, 4.69) is 0 Å². The van der Waals surface area contributed by atoms with Crippen molar-refractivity contribution in [3.63, 3.8) is 0 Å². The zero-order valence-corrected chi connectivity index (χ0v) is 16.5. The van der Waals surface area contributed by atoms with E-state index in [4.69, 9.17) is 4.74 Å². The van der Waals surface area contributed by atoms with E-state index in [0.717, 1.165) is 12.0 Å². The van der Waals surface area contributed by atoms with Crippen LogP contribution in [-0.2, 0) is 9.53 Å². The van der Waals surface area contributed by atoms with E-state index >= 15 is 0 Å². The van der Waals surface area contributed by atoms with E-state index in [-0.39, 0.29) is 30.1 Å². The highest BCUT2D eigenvalue weighted by Crippen LogP contribution is 2.52. The first-order chi connectivity index (χ1) is 12.1. The van der Waals surface area contributed by atoms with Crippen molar-refractivity contribution >= 4 is 5.78 Å². The molecular weight excluding hydrogens is 332 g/mol. The molecular formula is C21H32O5. The summed E-state index contributed by atoms with van der Waals surface area (Å²) in [6, 6.07) is 0. The Labute approximate surface area is 155 Å². The normalized spacial score (nSPS) is 43.3. The molecule has 0 amide bonds. The molecule has 6 atom stereocenters. The summed E-state index contributed by atoms with van der Waals surface area (Å²) in [6.45, 7) is 7.76. The van der Waals surface area contributed by atoms with Crippen LogP contribution in [-0.4, -0.2) is 52.1 Å². The standard InChI is InChI=1S/C21H32O5/c1-11(2)18-15-8-17(22)12(3)14-6-7-20(24,10-26-5)16(14)9-21(15,25)13(4)19(18)23/h9,11-14,17,22,24-25H,6-8,10H2,1-5H3. The number of aliphatic hydroxyl groups is 3. The molecule has 0 aromatic heterocycles. The van der Waals surface area contributed by atoms with Gasteiger partial charge in [0.15, 0.2) is 5.78 Å². The number of carbonyl (C=O) groups excluding carboxylic acids is 1. The predicted molar refractivity (Wildman–Crippen MR) is 98.4 cm³/mol. The van der Waals surface area contributed by atoms with Crippen LogP contribution in [0, 0.1) is 23.7 Å². The molecule has 0 heterocycles. The first-order valence-electron chi connectivity index (χ1n) is 9.69. The topological polar surface area (TPSA) is 87.0 Å². The van der Waals surface area contributed by atoms with Crippen LogP contribution in [0.1, 0.15) is 47.0 Å². The monoisotopic (exact) mass is 364 g/mol. The van der Waals surface area contributed by atoms with Gasteiger partial charge in [0.2, 0.25) is 0 Å². The average Bonchev–Trinajstić information content (AvgIpc) is 2.95. The fourth-order valence-corrected chi connectivity index (χ4v) is 5.30. The smallest absolute Gasteiger partial charge is 0.165 e. The van der Waals surface area contributed by atoms with Crippen LogP contribution in [0.3, 0.4) is 0 Å². The molecule has 3 N–H and O–H groups in total. The van der Waals surface area contributed by atoms with E-state index < -0.39 is 23.2 Å². The summed E-state index contributed by atoms with van der Waals surface area (Å²) in [5.41, 5.74) is -0.626. The lowest BCUT2D eigenvalue weighted by molar-refractivity contribution is -0.121. The predicted octanol–water partition coefficient (Wildman–Crippen LogP) is 2.00. The number of Topliss-reactive ketones (excluding diaryl/α,β-unsaturated/α-hetero) is 1. The van der Waals surface area contributed by atoms with Crippen LogP contribution < -0.4 is 0 Å². The van der Waals surface area contributed by atoms with Gasteiger partial charge in [0.1, 0.15) is 11.2 Å². The zero-order chi connectivity index (χ0) is 19.4. The van der Waals surface area contributed by atoms with E-state index in [9.17, 15) is 20.1 Å². The Kier molecular flexibility index (Phi) is 4.98. The minimum absolute atomic E-state index is 0.0217. The maximum atomic E-state index is 12.9. The Hall–Kier alpha value is -1.01. The highest BCUT2D eigenvalue weighted by atomic mass is 16.5. The van der Waals surface area contributed by atoms with Crippen molar-refractivity contribution < 1.29 is 24.9 Å². The highest BCUT2D eigenvalue weighted by molar-refractivity contribution is 6.03. The van der Waals surface area contributed by atoms with Gasteiger partial charge in [-0.3, -0.25) is 4.79 Å². The summed E-state index contributed by atoms with van der Waals surface area (Å²) in [4.78, 5) is 12.9. The largest absolute Gasteiger partial charge is 0.392 e. The number of rotatable bonds is 3.